The first-order valence-corrected chi connectivity index (χ1v) is 7.69. The van der Waals surface area contributed by atoms with Crippen LogP contribution in [0.4, 0.5) is 4.39 Å². The van der Waals surface area contributed by atoms with Crippen LogP contribution in [0, 0.1) is 0 Å². The number of allylic oxidation sites excluding steroid dienone is 1. The van der Waals surface area contributed by atoms with Crippen molar-refractivity contribution in [2.24, 2.45) is 0 Å². The van der Waals surface area contributed by atoms with Gasteiger partial charge in [-0.2, -0.15) is 0 Å². The van der Waals surface area contributed by atoms with E-state index < -0.39 is 17.9 Å². The molecule has 1 rings (SSSR count). The summed E-state index contributed by atoms with van der Waals surface area (Å²) in [6.07, 6.45) is 0.459. The van der Waals surface area contributed by atoms with Crippen LogP contribution in [0.15, 0.2) is 42.1 Å². The van der Waals surface area contributed by atoms with Crippen molar-refractivity contribution in [3.63, 3.8) is 0 Å². The number of halogens is 1. The van der Waals surface area contributed by atoms with E-state index >= 15 is 0 Å². The Morgan fingerprint density at radius 3 is 2.52 bits per heavy atom. The first kappa shape index (κ1) is 19.0. The highest BCUT2D eigenvalue weighted by Gasteiger charge is 2.29. The normalized spacial score (nSPS) is 14.4. The zero-order chi connectivity index (χ0) is 17.2. The van der Waals surface area contributed by atoms with E-state index in [1.54, 1.807) is 37.4 Å². The summed E-state index contributed by atoms with van der Waals surface area (Å²) < 4.78 is 14.6. The van der Waals surface area contributed by atoms with E-state index in [1.807, 2.05) is 25.1 Å². The maximum Gasteiger partial charge on any atom is 0.194 e. The number of ketones is 1. The van der Waals surface area contributed by atoms with Gasteiger partial charge in [-0.05, 0) is 26.6 Å². The number of rotatable bonds is 10. The summed E-state index contributed by atoms with van der Waals surface area (Å²) in [4.78, 5) is 25.1. The molecule has 4 nitrogen and oxygen atoms in total. The number of nitrogens with zero attached hydrogens (tertiary/aromatic N) is 1. The van der Waals surface area contributed by atoms with Crippen molar-refractivity contribution in [1.29, 1.82) is 0 Å². The SMILES string of the molecule is C/C(=C\NCCN(C)C)C(=O)C(F)C(CC=O)c1ccccc1. The zero-order valence-corrected chi connectivity index (χ0v) is 14.0. The highest BCUT2D eigenvalue weighted by molar-refractivity contribution is 5.99. The number of aldehydes is 1. The molecule has 1 aromatic rings. The van der Waals surface area contributed by atoms with Crippen molar-refractivity contribution in [3.05, 3.63) is 47.7 Å². The van der Waals surface area contributed by atoms with E-state index in [-0.39, 0.29) is 6.42 Å². The quantitative estimate of drug-likeness (QED) is 0.408. The van der Waals surface area contributed by atoms with Crippen LogP contribution in [0.3, 0.4) is 0 Å². The van der Waals surface area contributed by atoms with Crippen LogP contribution in [0.1, 0.15) is 24.8 Å². The number of alkyl halides is 1. The summed E-state index contributed by atoms with van der Waals surface area (Å²) in [5.74, 6) is -1.33. The summed E-state index contributed by atoms with van der Waals surface area (Å²) in [6.45, 7) is 3.07. The fourth-order valence-corrected chi connectivity index (χ4v) is 2.21. The molecule has 0 saturated heterocycles. The largest absolute Gasteiger partial charge is 0.389 e. The lowest BCUT2D eigenvalue weighted by Gasteiger charge is -2.19. The molecule has 0 spiro atoms. The molecule has 0 bridgehead atoms. The number of benzene rings is 1. The molecule has 0 radical (unpaired) electrons. The predicted octanol–water partition coefficient (Wildman–Crippen LogP) is 2.32. The second-order valence-electron chi connectivity index (χ2n) is 5.77. The van der Waals surface area contributed by atoms with Crippen molar-refractivity contribution in [3.8, 4) is 0 Å². The molecule has 126 valence electrons. The number of hydrogen-bond acceptors (Lipinski definition) is 4. The molecule has 0 aliphatic rings. The van der Waals surface area contributed by atoms with Gasteiger partial charge in [0, 0.05) is 37.2 Å². The summed E-state index contributed by atoms with van der Waals surface area (Å²) in [5, 5.41) is 3.00. The van der Waals surface area contributed by atoms with Gasteiger partial charge in [0.05, 0.1) is 0 Å². The van der Waals surface area contributed by atoms with Gasteiger partial charge < -0.3 is 15.0 Å². The lowest BCUT2D eigenvalue weighted by Crippen LogP contribution is -2.27. The first-order chi connectivity index (χ1) is 11.0. The molecule has 0 aliphatic heterocycles. The van der Waals surface area contributed by atoms with Crippen molar-refractivity contribution in [2.45, 2.75) is 25.4 Å². The Morgan fingerprint density at radius 1 is 1.30 bits per heavy atom. The molecule has 0 fully saturated rings. The number of hydrogen-bond donors (Lipinski definition) is 1. The molecule has 2 atom stereocenters. The smallest absolute Gasteiger partial charge is 0.194 e. The molecular formula is C18H25FN2O2. The first-order valence-electron chi connectivity index (χ1n) is 7.69. The maximum atomic E-state index is 14.6. The van der Waals surface area contributed by atoms with Gasteiger partial charge in [-0.1, -0.05) is 30.3 Å². The van der Waals surface area contributed by atoms with Crippen LogP contribution in [0.2, 0.25) is 0 Å². The van der Waals surface area contributed by atoms with E-state index in [0.29, 0.717) is 24.0 Å². The highest BCUT2D eigenvalue weighted by atomic mass is 19.1. The van der Waals surface area contributed by atoms with Gasteiger partial charge in [0.25, 0.3) is 0 Å². The Kier molecular flexibility index (Phi) is 8.19. The van der Waals surface area contributed by atoms with Crippen LogP contribution in [-0.2, 0) is 9.59 Å². The van der Waals surface area contributed by atoms with Crippen LogP contribution < -0.4 is 5.32 Å². The standard InChI is InChI=1S/C18H25FN2O2/c1-14(13-20-10-11-21(2)3)18(23)17(19)16(9-12-22)15-7-5-4-6-8-15/h4-8,12-13,16-17,20H,9-11H2,1-3H3/b14-13+. The summed E-state index contributed by atoms with van der Waals surface area (Å²) >= 11 is 0. The molecule has 23 heavy (non-hydrogen) atoms. The van der Waals surface area contributed by atoms with E-state index in [4.69, 9.17) is 0 Å². The Morgan fingerprint density at radius 2 is 1.96 bits per heavy atom. The van der Waals surface area contributed by atoms with Crippen LogP contribution >= 0.6 is 0 Å². The number of likely N-dealkylation sites (N-methyl/N-ethyl adjacent to an activating group) is 1. The molecule has 0 saturated carbocycles. The van der Waals surface area contributed by atoms with E-state index in [2.05, 4.69) is 5.32 Å². The molecule has 0 amide bonds. The van der Waals surface area contributed by atoms with Gasteiger partial charge in [-0.25, -0.2) is 4.39 Å². The molecular weight excluding hydrogens is 295 g/mol. The van der Waals surface area contributed by atoms with Crippen molar-refractivity contribution in [1.82, 2.24) is 10.2 Å². The second kappa shape index (κ2) is 9.90. The van der Waals surface area contributed by atoms with E-state index in [9.17, 15) is 14.0 Å². The number of Topliss-reactive ketones (excluding diaryl/α,β-unsaturated/α-hetero) is 1. The minimum Gasteiger partial charge on any atom is -0.389 e. The molecule has 2 unspecified atom stereocenters. The molecule has 0 aliphatic carbocycles. The molecule has 5 heteroatoms. The fraction of sp³-hybridized carbons (Fsp3) is 0.444. The molecule has 1 aromatic carbocycles. The monoisotopic (exact) mass is 320 g/mol. The Hall–Kier alpha value is -2.01. The summed E-state index contributed by atoms with van der Waals surface area (Å²) in [6, 6.07) is 8.84. The van der Waals surface area contributed by atoms with Gasteiger partial charge in [0.1, 0.15) is 6.29 Å². The Bertz CT molecular complexity index is 529. The van der Waals surface area contributed by atoms with Crippen LogP contribution in [0.5, 0.6) is 0 Å². The molecule has 0 heterocycles. The number of nitrogens with one attached hydrogen (secondary N) is 1. The fourth-order valence-electron chi connectivity index (χ4n) is 2.21. The third-order valence-electron chi connectivity index (χ3n) is 3.59. The predicted molar refractivity (Wildman–Crippen MR) is 90.1 cm³/mol. The van der Waals surface area contributed by atoms with Gasteiger partial charge >= 0.3 is 0 Å². The third-order valence-corrected chi connectivity index (χ3v) is 3.59. The lowest BCUT2D eigenvalue weighted by molar-refractivity contribution is -0.121. The van der Waals surface area contributed by atoms with Crippen molar-refractivity contribution in [2.75, 3.05) is 27.2 Å². The zero-order valence-electron chi connectivity index (χ0n) is 14.0. The minimum atomic E-state index is -1.73. The Labute approximate surface area is 137 Å². The van der Waals surface area contributed by atoms with E-state index in [1.165, 1.54) is 0 Å². The molecule has 1 N–H and O–H groups in total. The van der Waals surface area contributed by atoms with Crippen molar-refractivity contribution >= 4 is 12.1 Å². The van der Waals surface area contributed by atoms with Crippen LogP contribution in [-0.4, -0.2) is 50.3 Å². The van der Waals surface area contributed by atoms with Gasteiger partial charge in [-0.3, -0.25) is 4.79 Å². The average molecular weight is 320 g/mol. The molecule has 0 aromatic heterocycles. The Balaban J connectivity index is 2.75. The number of carbonyl (C=O) groups is 2. The van der Waals surface area contributed by atoms with E-state index in [0.717, 1.165) is 6.54 Å². The average Bonchev–Trinajstić information content (AvgIpc) is 2.55. The second-order valence-corrected chi connectivity index (χ2v) is 5.77. The summed E-state index contributed by atoms with van der Waals surface area (Å²) in [7, 11) is 3.90. The topological polar surface area (TPSA) is 49.4 Å². The van der Waals surface area contributed by atoms with Crippen LogP contribution in [0.25, 0.3) is 0 Å². The van der Waals surface area contributed by atoms with Gasteiger partial charge in [0.15, 0.2) is 12.0 Å². The summed E-state index contributed by atoms with van der Waals surface area (Å²) in [5.41, 5.74) is 0.983. The minimum absolute atomic E-state index is 0.0156. The van der Waals surface area contributed by atoms with Gasteiger partial charge in [-0.15, -0.1) is 0 Å². The van der Waals surface area contributed by atoms with Gasteiger partial charge in [0.2, 0.25) is 0 Å². The maximum absolute atomic E-state index is 14.6. The van der Waals surface area contributed by atoms with Crippen molar-refractivity contribution < 1.29 is 14.0 Å². The number of carbonyl (C=O) groups excluding carboxylic acids is 2. The third kappa shape index (κ3) is 6.32. The lowest BCUT2D eigenvalue weighted by atomic mass is 9.88. The highest BCUT2D eigenvalue weighted by Crippen LogP contribution is 2.27.